The molecule has 5 aromatic rings. The molecule has 4 N–H and O–H groups in total. The number of nitrogens with zero attached hydrogens (tertiary/aromatic N) is 1. The summed E-state index contributed by atoms with van der Waals surface area (Å²) in [7, 11) is 0. The van der Waals surface area contributed by atoms with Crippen LogP contribution in [0.15, 0.2) is 48.5 Å². The summed E-state index contributed by atoms with van der Waals surface area (Å²) in [6.45, 7) is 3.60. The number of aliphatic hydroxyl groups excluding tert-OH is 2. The number of ether oxygens (including phenoxy) is 2. The van der Waals surface area contributed by atoms with Gasteiger partial charge in [0.1, 0.15) is 18.3 Å². The van der Waals surface area contributed by atoms with Gasteiger partial charge in [-0.25, -0.2) is 0 Å². The zero-order chi connectivity index (χ0) is 26.1. The maximum atomic E-state index is 13.3. The van der Waals surface area contributed by atoms with Crippen LogP contribution in [0.25, 0.3) is 43.6 Å². The van der Waals surface area contributed by atoms with Crippen LogP contribution in [0, 0.1) is 0 Å². The molecule has 1 saturated carbocycles. The molecule has 2 aromatic heterocycles. The highest BCUT2D eigenvalue weighted by molar-refractivity contribution is 6.39. The molecule has 3 aromatic carbocycles. The Kier molecular flexibility index (Phi) is 4.22. The minimum Gasteiger partial charge on any atom is -0.388 e. The molecule has 1 saturated heterocycles. The number of aliphatic hydroxyl groups is 2. The number of aromatic amines is 1. The molecule has 5 atom stereocenters. The molecule has 4 heterocycles. The Bertz CT molecular complexity index is 1870. The number of hydrogen-bond donors (Lipinski definition) is 4. The summed E-state index contributed by atoms with van der Waals surface area (Å²) in [6.07, 6.45) is -3.01. The Morgan fingerprint density at radius 3 is 2.37 bits per heavy atom. The molecule has 8 rings (SSSR count). The molecule has 2 fully saturated rings. The van der Waals surface area contributed by atoms with Gasteiger partial charge in [-0.05, 0) is 32.4 Å². The third-order valence-corrected chi connectivity index (χ3v) is 8.39. The third kappa shape index (κ3) is 2.69. The van der Waals surface area contributed by atoms with E-state index in [0.717, 1.165) is 21.8 Å². The van der Waals surface area contributed by atoms with Crippen molar-refractivity contribution in [1.82, 2.24) is 14.9 Å². The van der Waals surface area contributed by atoms with Crippen molar-refractivity contribution < 1.29 is 29.3 Å². The summed E-state index contributed by atoms with van der Waals surface area (Å²) in [4.78, 5) is 29.9. The number of benzene rings is 3. The molecular weight excluding hydrogens is 486 g/mol. The van der Waals surface area contributed by atoms with E-state index >= 15 is 0 Å². The van der Waals surface area contributed by atoms with Crippen molar-refractivity contribution in [3.8, 4) is 0 Å². The highest BCUT2D eigenvalue weighted by Crippen LogP contribution is 2.48. The van der Waals surface area contributed by atoms with Gasteiger partial charge in [-0.15, -0.1) is 0 Å². The molecule has 38 heavy (non-hydrogen) atoms. The molecule has 9 heteroatoms. The zero-order valence-corrected chi connectivity index (χ0v) is 20.7. The number of carbonyl (C=O) groups is 2. The van der Waals surface area contributed by atoms with Gasteiger partial charge in [0.2, 0.25) is 0 Å². The lowest BCUT2D eigenvalue weighted by atomic mass is 9.85. The van der Waals surface area contributed by atoms with Crippen LogP contribution in [0.2, 0.25) is 0 Å². The first-order valence-corrected chi connectivity index (χ1v) is 12.8. The first-order valence-electron chi connectivity index (χ1n) is 12.8. The lowest BCUT2D eigenvalue weighted by Gasteiger charge is -2.39. The third-order valence-electron chi connectivity index (χ3n) is 8.39. The largest absolute Gasteiger partial charge is 0.388 e. The maximum Gasteiger partial charge on any atom is 0.259 e. The molecule has 1 aliphatic carbocycles. The zero-order valence-electron chi connectivity index (χ0n) is 20.7. The molecule has 0 radical (unpaired) electrons. The summed E-state index contributed by atoms with van der Waals surface area (Å²) in [5, 5.41) is 28.1. The molecule has 0 unspecified atom stereocenters. The van der Waals surface area contributed by atoms with Gasteiger partial charge in [0.25, 0.3) is 11.8 Å². The molecular formula is C29H25N3O6. The minimum atomic E-state index is -1.17. The second kappa shape index (κ2) is 7.21. The van der Waals surface area contributed by atoms with E-state index in [1.54, 1.807) is 13.8 Å². The standard InChI is InChI=1S/C29H25N3O6/c1-29(2)37-17-11-16(24(33)25(34)26(17)38-29)32-15-10-6-4-8-13(15)19-21-20(27(35)31-28(21)36)18-12-7-3-5-9-14(12)30-22(18)23(19)32/h3-10,16-17,24-26,30,33-34H,11H2,1-2H3,(H,31,35,36)/t16-,17+,24+,25+,26+/m0/s1. The molecule has 0 bridgehead atoms. The van der Waals surface area contributed by atoms with E-state index < -0.39 is 48.1 Å². The lowest BCUT2D eigenvalue weighted by molar-refractivity contribution is -0.160. The average molecular weight is 512 g/mol. The Morgan fingerprint density at radius 2 is 1.58 bits per heavy atom. The van der Waals surface area contributed by atoms with Gasteiger partial charge in [-0.2, -0.15) is 0 Å². The number of amides is 2. The number of imide groups is 1. The van der Waals surface area contributed by atoms with Gasteiger partial charge in [-0.1, -0.05) is 36.4 Å². The Hall–Kier alpha value is -3.76. The van der Waals surface area contributed by atoms with E-state index in [2.05, 4.69) is 10.3 Å². The van der Waals surface area contributed by atoms with Crippen LogP contribution in [0.5, 0.6) is 0 Å². The second-order valence-electron chi connectivity index (χ2n) is 11.0. The first kappa shape index (κ1) is 22.2. The topological polar surface area (TPSA) is 126 Å². The van der Waals surface area contributed by atoms with Crippen LogP contribution < -0.4 is 5.32 Å². The summed E-state index contributed by atoms with van der Waals surface area (Å²) >= 11 is 0. The van der Waals surface area contributed by atoms with E-state index in [4.69, 9.17) is 9.47 Å². The fourth-order valence-corrected chi connectivity index (χ4v) is 7.01. The summed E-state index contributed by atoms with van der Waals surface area (Å²) in [5.41, 5.74) is 3.72. The Labute approximate surface area is 215 Å². The highest BCUT2D eigenvalue weighted by Gasteiger charge is 2.53. The van der Waals surface area contributed by atoms with Gasteiger partial charge < -0.3 is 29.2 Å². The average Bonchev–Trinajstić information content (AvgIpc) is 3.60. The smallest absolute Gasteiger partial charge is 0.259 e. The number of para-hydroxylation sites is 2. The van der Waals surface area contributed by atoms with Crippen LogP contribution >= 0.6 is 0 Å². The molecule has 2 aliphatic heterocycles. The van der Waals surface area contributed by atoms with E-state index in [1.165, 1.54) is 0 Å². The number of fused-ring (bicyclic) bond motifs is 11. The predicted molar refractivity (Wildman–Crippen MR) is 140 cm³/mol. The molecule has 0 spiro atoms. The van der Waals surface area contributed by atoms with E-state index in [-0.39, 0.29) is 0 Å². The van der Waals surface area contributed by atoms with Crippen LogP contribution in [-0.2, 0) is 9.47 Å². The summed E-state index contributed by atoms with van der Waals surface area (Å²) < 4.78 is 14.1. The van der Waals surface area contributed by atoms with Crippen molar-refractivity contribution in [2.75, 3.05) is 0 Å². The van der Waals surface area contributed by atoms with Crippen LogP contribution in [0.3, 0.4) is 0 Å². The number of carbonyl (C=O) groups excluding carboxylic acids is 2. The van der Waals surface area contributed by atoms with E-state index in [0.29, 0.717) is 39.4 Å². The number of H-pyrrole nitrogens is 1. The SMILES string of the molecule is CC1(C)O[C@H]2[C@H](O)[C@H](O)[C@@H](n3c4ccccc4c4c5c(c6c7ccccc7[nH]c6c43)C(=O)NC5=O)C[C@H]2O1. The maximum absolute atomic E-state index is 13.3. The Morgan fingerprint density at radius 1 is 0.895 bits per heavy atom. The molecule has 2 amide bonds. The van der Waals surface area contributed by atoms with Crippen LogP contribution in [0.4, 0.5) is 0 Å². The highest BCUT2D eigenvalue weighted by atomic mass is 16.8. The fourth-order valence-electron chi connectivity index (χ4n) is 7.01. The van der Waals surface area contributed by atoms with Crippen molar-refractivity contribution in [2.45, 2.75) is 56.5 Å². The first-order chi connectivity index (χ1) is 18.2. The van der Waals surface area contributed by atoms with Crippen molar-refractivity contribution in [3.63, 3.8) is 0 Å². The predicted octanol–water partition coefficient (Wildman–Crippen LogP) is 3.50. The van der Waals surface area contributed by atoms with Crippen LogP contribution in [0.1, 0.15) is 47.0 Å². The van der Waals surface area contributed by atoms with E-state index in [1.807, 2.05) is 53.1 Å². The van der Waals surface area contributed by atoms with Crippen LogP contribution in [-0.4, -0.2) is 61.8 Å². The number of aromatic nitrogens is 2. The lowest BCUT2D eigenvalue weighted by Crippen LogP contribution is -2.52. The van der Waals surface area contributed by atoms with Crippen molar-refractivity contribution in [3.05, 3.63) is 59.7 Å². The monoisotopic (exact) mass is 511 g/mol. The minimum absolute atomic E-state index is 0.336. The van der Waals surface area contributed by atoms with E-state index in [9.17, 15) is 19.8 Å². The fraction of sp³-hybridized carbons (Fsp3) is 0.310. The number of rotatable bonds is 1. The summed E-state index contributed by atoms with van der Waals surface area (Å²) in [6, 6.07) is 14.7. The number of nitrogens with one attached hydrogen (secondary N) is 2. The van der Waals surface area contributed by atoms with Gasteiger partial charge >= 0.3 is 0 Å². The molecule has 3 aliphatic rings. The summed E-state index contributed by atoms with van der Waals surface area (Å²) in [5.74, 6) is -1.74. The number of hydrogen-bond acceptors (Lipinski definition) is 6. The molecule has 9 nitrogen and oxygen atoms in total. The Balaban J connectivity index is 1.52. The second-order valence-corrected chi connectivity index (χ2v) is 11.0. The molecule has 192 valence electrons. The van der Waals surface area contributed by atoms with Gasteiger partial charge in [0.15, 0.2) is 5.79 Å². The van der Waals surface area contributed by atoms with Gasteiger partial charge in [0, 0.05) is 32.6 Å². The van der Waals surface area contributed by atoms with Crippen molar-refractivity contribution in [2.24, 2.45) is 0 Å². The van der Waals surface area contributed by atoms with Gasteiger partial charge in [-0.3, -0.25) is 14.9 Å². The normalized spacial score (nSPS) is 28.5. The quantitative estimate of drug-likeness (QED) is 0.255. The van der Waals surface area contributed by atoms with Crippen molar-refractivity contribution >= 4 is 55.4 Å². The van der Waals surface area contributed by atoms with Crippen molar-refractivity contribution in [1.29, 1.82) is 0 Å². The van der Waals surface area contributed by atoms with Gasteiger partial charge in [0.05, 0.1) is 34.3 Å².